The Bertz CT molecular complexity index is 418. The van der Waals surface area contributed by atoms with Crippen molar-refractivity contribution in [2.24, 2.45) is 5.92 Å². The maximum Gasteiger partial charge on any atom is 0.306 e. The van der Waals surface area contributed by atoms with Gasteiger partial charge >= 0.3 is 5.97 Å². The van der Waals surface area contributed by atoms with Crippen LogP contribution in [-0.2, 0) is 15.0 Å². The number of aliphatic carboxylic acids is 1. The van der Waals surface area contributed by atoms with Crippen molar-refractivity contribution in [1.82, 2.24) is 8.61 Å². The van der Waals surface area contributed by atoms with Crippen LogP contribution in [0.5, 0.6) is 0 Å². The summed E-state index contributed by atoms with van der Waals surface area (Å²) in [4.78, 5) is 10.7. The zero-order valence-corrected chi connectivity index (χ0v) is 10.5. The van der Waals surface area contributed by atoms with E-state index in [2.05, 4.69) is 5.92 Å². The van der Waals surface area contributed by atoms with E-state index in [1.165, 1.54) is 11.4 Å². The molecular formula is C10H16N2O4S. The molecule has 1 fully saturated rings. The topological polar surface area (TPSA) is 77.9 Å². The van der Waals surface area contributed by atoms with E-state index in [9.17, 15) is 13.2 Å². The van der Waals surface area contributed by atoms with Crippen LogP contribution in [0.4, 0.5) is 0 Å². The largest absolute Gasteiger partial charge is 0.481 e. The summed E-state index contributed by atoms with van der Waals surface area (Å²) >= 11 is 0. The number of terminal acetylenes is 1. The normalized spacial score (nSPS) is 19.1. The van der Waals surface area contributed by atoms with E-state index in [-0.39, 0.29) is 19.6 Å². The Hall–Kier alpha value is -1.10. The summed E-state index contributed by atoms with van der Waals surface area (Å²) in [6, 6.07) is 0. The second-order valence-electron chi connectivity index (χ2n) is 3.98. The minimum atomic E-state index is -3.54. The predicted octanol–water partition coefficient (Wildman–Crippen LogP) is -0.407. The van der Waals surface area contributed by atoms with Crippen LogP contribution in [0.15, 0.2) is 0 Å². The third kappa shape index (κ3) is 3.19. The Kier molecular flexibility index (Phi) is 4.51. The van der Waals surface area contributed by atoms with E-state index in [1.807, 2.05) is 0 Å². The standard InChI is InChI=1S/C10H16N2O4S/c1-3-6-11(2)17(15,16)12-7-4-9(5-8-12)10(13)14/h1,9H,4-8H2,2H3,(H,13,14). The zero-order valence-electron chi connectivity index (χ0n) is 9.66. The van der Waals surface area contributed by atoms with Crippen molar-refractivity contribution in [3.05, 3.63) is 0 Å². The number of nitrogens with zero attached hydrogens (tertiary/aromatic N) is 2. The summed E-state index contributed by atoms with van der Waals surface area (Å²) in [5.41, 5.74) is 0. The van der Waals surface area contributed by atoms with Gasteiger partial charge in [0.15, 0.2) is 0 Å². The lowest BCUT2D eigenvalue weighted by Crippen LogP contribution is -2.46. The fourth-order valence-corrected chi connectivity index (χ4v) is 3.04. The van der Waals surface area contributed by atoms with Gasteiger partial charge in [-0.3, -0.25) is 4.79 Å². The van der Waals surface area contributed by atoms with Crippen LogP contribution >= 0.6 is 0 Å². The highest BCUT2D eigenvalue weighted by molar-refractivity contribution is 7.86. The highest BCUT2D eigenvalue weighted by Gasteiger charge is 2.32. The molecule has 1 rings (SSSR count). The first-order valence-corrected chi connectivity index (χ1v) is 6.67. The molecule has 1 N–H and O–H groups in total. The molecule has 17 heavy (non-hydrogen) atoms. The molecule has 1 aliphatic heterocycles. The van der Waals surface area contributed by atoms with E-state index >= 15 is 0 Å². The maximum absolute atomic E-state index is 12.0. The van der Waals surface area contributed by atoms with Gasteiger partial charge in [0.05, 0.1) is 12.5 Å². The lowest BCUT2D eigenvalue weighted by Gasteiger charge is -2.31. The van der Waals surface area contributed by atoms with Gasteiger partial charge in [-0.25, -0.2) is 0 Å². The van der Waals surface area contributed by atoms with Crippen LogP contribution in [-0.4, -0.2) is 54.8 Å². The fourth-order valence-electron chi connectivity index (χ4n) is 1.74. The average Bonchev–Trinajstić information content (AvgIpc) is 2.29. The number of hydrogen-bond acceptors (Lipinski definition) is 3. The molecule has 0 radical (unpaired) electrons. The Morgan fingerprint density at radius 1 is 1.53 bits per heavy atom. The summed E-state index contributed by atoms with van der Waals surface area (Å²) in [5, 5.41) is 8.82. The highest BCUT2D eigenvalue weighted by Crippen LogP contribution is 2.20. The van der Waals surface area contributed by atoms with Gasteiger partial charge in [-0.1, -0.05) is 5.92 Å². The van der Waals surface area contributed by atoms with Gasteiger partial charge in [0.25, 0.3) is 10.2 Å². The summed E-state index contributed by atoms with van der Waals surface area (Å²) in [6.07, 6.45) is 5.76. The van der Waals surface area contributed by atoms with Gasteiger partial charge in [0.1, 0.15) is 0 Å². The van der Waals surface area contributed by atoms with E-state index in [0.29, 0.717) is 12.8 Å². The van der Waals surface area contributed by atoms with Crippen LogP contribution in [0.25, 0.3) is 0 Å². The third-order valence-electron chi connectivity index (χ3n) is 2.84. The van der Waals surface area contributed by atoms with Crippen molar-refractivity contribution >= 4 is 16.2 Å². The molecule has 0 amide bonds. The Morgan fingerprint density at radius 2 is 2.06 bits per heavy atom. The number of carboxylic acids is 1. The molecule has 0 aromatic rings. The van der Waals surface area contributed by atoms with Crippen LogP contribution in [0, 0.1) is 18.3 Å². The molecule has 0 unspecified atom stereocenters. The molecule has 7 heteroatoms. The molecule has 0 atom stereocenters. The van der Waals surface area contributed by atoms with Crippen molar-refractivity contribution in [3.8, 4) is 12.3 Å². The Balaban J connectivity index is 2.65. The molecule has 1 saturated heterocycles. The smallest absolute Gasteiger partial charge is 0.306 e. The van der Waals surface area contributed by atoms with Crippen LogP contribution in [0.3, 0.4) is 0 Å². The lowest BCUT2D eigenvalue weighted by molar-refractivity contribution is -0.142. The molecule has 0 aromatic heterocycles. The molecule has 0 saturated carbocycles. The number of carbonyl (C=O) groups is 1. The van der Waals surface area contributed by atoms with Gasteiger partial charge in [-0.2, -0.15) is 17.0 Å². The SMILES string of the molecule is C#CCN(C)S(=O)(=O)N1CCC(C(=O)O)CC1. The second kappa shape index (κ2) is 5.49. The second-order valence-corrected chi connectivity index (χ2v) is 6.01. The zero-order chi connectivity index (χ0) is 13.1. The van der Waals surface area contributed by atoms with Crippen molar-refractivity contribution in [2.45, 2.75) is 12.8 Å². The first kappa shape index (κ1) is 14.0. The monoisotopic (exact) mass is 260 g/mol. The van der Waals surface area contributed by atoms with Crippen LogP contribution < -0.4 is 0 Å². The van der Waals surface area contributed by atoms with Gasteiger partial charge in [0.2, 0.25) is 0 Å². The van der Waals surface area contributed by atoms with Crippen molar-refractivity contribution < 1.29 is 18.3 Å². The highest BCUT2D eigenvalue weighted by atomic mass is 32.2. The molecule has 0 aromatic carbocycles. The van der Waals surface area contributed by atoms with Gasteiger partial charge in [-0.05, 0) is 12.8 Å². The van der Waals surface area contributed by atoms with Crippen LogP contribution in [0.2, 0.25) is 0 Å². The summed E-state index contributed by atoms with van der Waals surface area (Å²) < 4.78 is 26.3. The molecule has 0 aliphatic carbocycles. The van der Waals surface area contributed by atoms with E-state index < -0.39 is 22.1 Å². The third-order valence-corrected chi connectivity index (χ3v) is 4.77. The number of carboxylic acid groups (broad SMARTS) is 1. The molecule has 1 heterocycles. The van der Waals surface area contributed by atoms with E-state index in [1.54, 1.807) is 0 Å². The number of rotatable bonds is 4. The number of piperidine rings is 1. The molecule has 6 nitrogen and oxygen atoms in total. The Morgan fingerprint density at radius 3 is 2.47 bits per heavy atom. The van der Waals surface area contributed by atoms with Crippen molar-refractivity contribution in [1.29, 1.82) is 0 Å². The van der Waals surface area contributed by atoms with Crippen LogP contribution in [0.1, 0.15) is 12.8 Å². The number of hydrogen-bond donors (Lipinski definition) is 1. The van der Waals surface area contributed by atoms with Crippen molar-refractivity contribution in [3.63, 3.8) is 0 Å². The first-order chi connectivity index (χ1) is 7.89. The maximum atomic E-state index is 12.0. The molecular weight excluding hydrogens is 244 g/mol. The Labute approximate surface area is 101 Å². The van der Waals surface area contributed by atoms with E-state index in [4.69, 9.17) is 11.5 Å². The van der Waals surface area contributed by atoms with E-state index in [0.717, 1.165) is 4.31 Å². The quantitative estimate of drug-likeness (QED) is 0.697. The van der Waals surface area contributed by atoms with Gasteiger partial charge in [-0.15, -0.1) is 6.42 Å². The molecule has 1 aliphatic rings. The minimum absolute atomic E-state index is 0.0151. The van der Waals surface area contributed by atoms with Crippen molar-refractivity contribution in [2.75, 3.05) is 26.7 Å². The first-order valence-electron chi connectivity index (χ1n) is 5.27. The lowest BCUT2D eigenvalue weighted by atomic mass is 9.99. The molecule has 0 spiro atoms. The van der Waals surface area contributed by atoms with Gasteiger partial charge < -0.3 is 5.11 Å². The molecule has 96 valence electrons. The predicted molar refractivity (Wildman–Crippen MR) is 62.3 cm³/mol. The molecule has 0 bridgehead atoms. The summed E-state index contributed by atoms with van der Waals surface area (Å²) in [7, 11) is -2.13. The van der Waals surface area contributed by atoms with Gasteiger partial charge in [0, 0.05) is 20.1 Å². The summed E-state index contributed by atoms with van der Waals surface area (Å²) in [5.74, 6) is 0.959. The average molecular weight is 260 g/mol. The fraction of sp³-hybridized carbons (Fsp3) is 0.700. The minimum Gasteiger partial charge on any atom is -0.481 e. The summed E-state index contributed by atoms with van der Waals surface area (Å²) in [6.45, 7) is 0.476.